The van der Waals surface area contributed by atoms with Crippen molar-refractivity contribution in [3.63, 3.8) is 0 Å². The number of ether oxygens (including phenoxy) is 1. The Bertz CT molecular complexity index is 504. The van der Waals surface area contributed by atoms with Gasteiger partial charge in [-0.15, -0.1) is 0 Å². The van der Waals surface area contributed by atoms with Crippen molar-refractivity contribution in [2.45, 2.75) is 13.7 Å². The molecule has 0 aliphatic carbocycles. The number of nitrogen functional groups attached to an aromatic ring is 1. The molecule has 78 valence electrons. The van der Waals surface area contributed by atoms with Crippen LogP contribution in [0.2, 0.25) is 0 Å². The van der Waals surface area contributed by atoms with Crippen LogP contribution in [0, 0.1) is 0 Å². The molecule has 0 unspecified atom stereocenters. The summed E-state index contributed by atoms with van der Waals surface area (Å²) in [6.45, 7) is 1.47. The monoisotopic (exact) mass is 205 g/mol. The van der Waals surface area contributed by atoms with Crippen LogP contribution in [0.4, 0.5) is 5.69 Å². The fraction of sp³-hybridized carbons (Fsp3) is 0.200. The number of anilines is 1. The smallest absolute Gasteiger partial charge is 0.304 e. The molecule has 2 N–H and O–H groups in total. The molecule has 2 rings (SSSR count). The van der Waals surface area contributed by atoms with Crippen LogP contribution in [-0.2, 0) is 16.3 Å². The van der Waals surface area contributed by atoms with Gasteiger partial charge in [0.05, 0.1) is 11.7 Å². The first-order valence-electron chi connectivity index (χ1n) is 4.51. The summed E-state index contributed by atoms with van der Waals surface area (Å²) in [6.07, 6.45) is 1.71. The Balaban J connectivity index is 2.35. The SMILES string of the molecule is CC(=O)OCn1ncc2ccc(N)cc21. The van der Waals surface area contributed by atoms with Crippen LogP contribution in [0.3, 0.4) is 0 Å². The van der Waals surface area contributed by atoms with Crippen molar-refractivity contribution in [1.29, 1.82) is 0 Å². The number of nitrogens with zero attached hydrogens (tertiary/aromatic N) is 2. The van der Waals surface area contributed by atoms with Gasteiger partial charge < -0.3 is 10.5 Å². The van der Waals surface area contributed by atoms with E-state index in [4.69, 9.17) is 10.5 Å². The number of hydrogen-bond donors (Lipinski definition) is 1. The Kier molecular flexibility index (Phi) is 2.29. The summed E-state index contributed by atoms with van der Waals surface area (Å²) in [5, 5.41) is 5.06. The minimum atomic E-state index is -0.331. The molecule has 1 heterocycles. The predicted octanol–water partition coefficient (Wildman–Crippen LogP) is 1.14. The third-order valence-corrected chi connectivity index (χ3v) is 2.06. The fourth-order valence-corrected chi connectivity index (χ4v) is 1.34. The lowest BCUT2D eigenvalue weighted by atomic mass is 10.2. The molecule has 0 bridgehead atoms. The average Bonchev–Trinajstić information content (AvgIpc) is 2.57. The second-order valence-corrected chi connectivity index (χ2v) is 3.23. The van der Waals surface area contributed by atoms with Gasteiger partial charge in [0, 0.05) is 18.0 Å². The molecular weight excluding hydrogens is 194 g/mol. The van der Waals surface area contributed by atoms with Gasteiger partial charge in [0.2, 0.25) is 0 Å². The summed E-state index contributed by atoms with van der Waals surface area (Å²) in [4.78, 5) is 10.7. The topological polar surface area (TPSA) is 70.1 Å². The van der Waals surface area contributed by atoms with Gasteiger partial charge >= 0.3 is 5.97 Å². The molecule has 0 saturated carbocycles. The molecule has 0 fully saturated rings. The molecular formula is C10H11N3O2. The van der Waals surface area contributed by atoms with Gasteiger partial charge in [-0.2, -0.15) is 5.10 Å². The highest BCUT2D eigenvalue weighted by Gasteiger charge is 2.03. The lowest BCUT2D eigenvalue weighted by Gasteiger charge is -2.03. The van der Waals surface area contributed by atoms with Crippen molar-refractivity contribution >= 4 is 22.6 Å². The maximum Gasteiger partial charge on any atom is 0.304 e. The average molecular weight is 205 g/mol. The third kappa shape index (κ3) is 1.90. The molecule has 1 aromatic heterocycles. The zero-order chi connectivity index (χ0) is 10.8. The summed E-state index contributed by atoms with van der Waals surface area (Å²) in [5.41, 5.74) is 7.18. The number of nitrogens with two attached hydrogens (primary N) is 1. The summed E-state index contributed by atoms with van der Waals surface area (Å²) in [6, 6.07) is 5.48. The van der Waals surface area contributed by atoms with Crippen molar-refractivity contribution < 1.29 is 9.53 Å². The second kappa shape index (κ2) is 3.61. The zero-order valence-electron chi connectivity index (χ0n) is 8.30. The number of esters is 1. The van der Waals surface area contributed by atoms with E-state index in [0.717, 1.165) is 10.9 Å². The van der Waals surface area contributed by atoms with Crippen LogP contribution < -0.4 is 5.73 Å². The summed E-state index contributed by atoms with van der Waals surface area (Å²) < 4.78 is 6.45. The normalized spacial score (nSPS) is 10.5. The highest BCUT2D eigenvalue weighted by Crippen LogP contribution is 2.16. The third-order valence-electron chi connectivity index (χ3n) is 2.06. The van der Waals surface area contributed by atoms with E-state index in [-0.39, 0.29) is 12.7 Å². The molecule has 5 heteroatoms. The van der Waals surface area contributed by atoms with E-state index < -0.39 is 0 Å². The maximum absolute atomic E-state index is 10.7. The van der Waals surface area contributed by atoms with Gasteiger partial charge in [0.1, 0.15) is 0 Å². The Morgan fingerprint density at radius 2 is 2.40 bits per heavy atom. The molecule has 0 saturated heterocycles. The number of rotatable bonds is 2. The van der Waals surface area contributed by atoms with Crippen molar-refractivity contribution in [3.8, 4) is 0 Å². The van der Waals surface area contributed by atoms with Crippen LogP contribution in [0.1, 0.15) is 6.92 Å². The number of benzene rings is 1. The van der Waals surface area contributed by atoms with Crippen molar-refractivity contribution in [2.75, 3.05) is 5.73 Å². The van der Waals surface area contributed by atoms with Crippen molar-refractivity contribution in [2.24, 2.45) is 0 Å². The Labute approximate surface area is 86.4 Å². The highest BCUT2D eigenvalue weighted by molar-refractivity contribution is 5.81. The van der Waals surface area contributed by atoms with Gasteiger partial charge in [0.15, 0.2) is 6.73 Å². The van der Waals surface area contributed by atoms with E-state index in [1.807, 2.05) is 6.07 Å². The first kappa shape index (κ1) is 9.51. The van der Waals surface area contributed by atoms with Gasteiger partial charge in [-0.05, 0) is 18.2 Å². The molecule has 0 aliphatic heterocycles. The van der Waals surface area contributed by atoms with Crippen LogP contribution in [0.5, 0.6) is 0 Å². The standard InChI is InChI=1S/C10H11N3O2/c1-7(14)15-6-13-10-4-9(11)3-2-8(10)5-12-13/h2-5H,6,11H2,1H3. The van der Waals surface area contributed by atoms with Gasteiger partial charge in [0.25, 0.3) is 0 Å². The molecule has 0 atom stereocenters. The lowest BCUT2D eigenvalue weighted by Crippen LogP contribution is -2.07. The Morgan fingerprint density at radius 3 is 3.13 bits per heavy atom. The number of fused-ring (bicyclic) bond motifs is 1. The van der Waals surface area contributed by atoms with Crippen molar-refractivity contribution in [3.05, 3.63) is 24.4 Å². The van der Waals surface area contributed by atoms with Gasteiger partial charge in [-0.3, -0.25) is 4.79 Å². The quantitative estimate of drug-likeness (QED) is 0.589. The fourth-order valence-electron chi connectivity index (χ4n) is 1.34. The lowest BCUT2D eigenvalue weighted by molar-refractivity contribution is -0.144. The second-order valence-electron chi connectivity index (χ2n) is 3.23. The summed E-state index contributed by atoms with van der Waals surface area (Å²) in [7, 11) is 0. The number of hydrogen-bond acceptors (Lipinski definition) is 4. The molecule has 0 aliphatic rings. The van der Waals surface area contributed by atoms with E-state index in [0.29, 0.717) is 5.69 Å². The largest absolute Gasteiger partial charge is 0.443 e. The molecule has 2 aromatic rings. The van der Waals surface area contributed by atoms with Crippen molar-refractivity contribution in [1.82, 2.24) is 9.78 Å². The maximum atomic E-state index is 10.7. The summed E-state index contributed by atoms with van der Waals surface area (Å²) >= 11 is 0. The predicted molar refractivity (Wildman–Crippen MR) is 55.9 cm³/mol. The van der Waals surface area contributed by atoms with Crippen LogP contribution in [0.25, 0.3) is 10.9 Å². The molecule has 1 aromatic carbocycles. The van der Waals surface area contributed by atoms with E-state index in [1.54, 1.807) is 23.0 Å². The van der Waals surface area contributed by atoms with E-state index in [2.05, 4.69) is 5.10 Å². The number of aromatic nitrogens is 2. The molecule has 5 nitrogen and oxygen atoms in total. The minimum absolute atomic E-state index is 0.113. The zero-order valence-corrected chi connectivity index (χ0v) is 8.30. The van der Waals surface area contributed by atoms with Crippen LogP contribution in [0.15, 0.2) is 24.4 Å². The first-order chi connectivity index (χ1) is 7.16. The van der Waals surface area contributed by atoms with E-state index in [1.165, 1.54) is 6.92 Å². The minimum Gasteiger partial charge on any atom is -0.443 e. The Hall–Kier alpha value is -2.04. The van der Waals surface area contributed by atoms with Crippen LogP contribution >= 0.6 is 0 Å². The molecule has 15 heavy (non-hydrogen) atoms. The van der Waals surface area contributed by atoms with Crippen LogP contribution in [-0.4, -0.2) is 15.7 Å². The molecule has 0 radical (unpaired) electrons. The number of carbonyl (C=O) groups is 1. The number of carbonyl (C=O) groups excluding carboxylic acids is 1. The first-order valence-corrected chi connectivity index (χ1v) is 4.51. The highest BCUT2D eigenvalue weighted by atomic mass is 16.5. The molecule has 0 amide bonds. The molecule has 0 spiro atoms. The van der Waals surface area contributed by atoms with E-state index in [9.17, 15) is 4.79 Å². The van der Waals surface area contributed by atoms with E-state index >= 15 is 0 Å². The van der Waals surface area contributed by atoms with Gasteiger partial charge in [-0.1, -0.05) is 0 Å². The Morgan fingerprint density at radius 1 is 1.60 bits per heavy atom. The van der Waals surface area contributed by atoms with Gasteiger partial charge in [-0.25, -0.2) is 4.68 Å². The summed E-state index contributed by atoms with van der Waals surface area (Å²) in [5.74, 6) is -0.331.